The molecule has 5 heterocycles. The highest BCUT2D eigenvalue weighted by molar-refractivity contribution is 7.16. The number of thiazole rings is 1. The van der Waals surface area contributed by atoms with E-state index in [9.17, 15) is 15.2 Å². The number of carbonyl (C=O) groups excluding carboxylic acids is 1. The summed E-state index contributed by atoms with van der Waals surface area (Å²) in [5.74, 6) is 0.531. The third-order valence-electron chi connectivity index (χ3n) is 8.84. The zero-order chi connectivity index (χ0) is 29.8. The first-order valence-corrected chi connectivity index (χ1v) is 15.8. The van der Waals surface area contributed by atoms with Gasteiger partial charge in [-0.25, -0.2) is 9.50 Å². The van der Waals surface area contributed by atoms with E-state index in [1.807, 2.05) is 19.2 Å². The first-order chi connectivity index (χ1) is 20.8. The van der Waals surface area contributed by atoms with Crippen LogP contribution in [0.25, 0.3) is 16.8 Å². The van der Waals surface area contributed by atoms with Crippen molar-refractivity contribution in [1.29, 1.82) is 5.26 Å². The Morgan fingerprint density at radius 2 is 1.84 bits per heavy atom. The maximum absolute atomic E-state index is 12.5. The molecule has 4 aromatic rings. The lowest BCUT2D eigenvalue weighted by Gasteiger charge is -2.39. The van der Waals surface area contributed by atoms with E-state index in [1.54, 1.807) is 4.90 Å². The van der Waals surface area contributed by atoms with Gasteiger partial charge in [-0.3, -0.25) is 9.69 Å². The number of aliphatic hydroxyl groups excluding tert-OH is 1. The fourth-order valence-corrected chi connectivity index (χ4v) is 6.95. The van der Waals surface area contributed by atoms with Gasteiger partial charge in [-0.1, -0.05) is 41.2 Å². The van der Waals surface area contributed by atoms with Crippen molar-refractivity contribution < 1.29 is 9.90 Å². The van der Waals surface area contributed by atoms with Gasteiger partial charge in [-0.05, 0) is 38.8 Å². The van der Waals surface area contributed by atoms with Gasteiger partial charge in [-0.15, -0.1) is 0 Å². The van der Waals surface area contributed by atoms with Crippen molar-refractivity contribution in [2.24, 2.45) is 0 Å². The number of carbonyl (C=O) groups is 1. The molecular formula is C32H36N8O2S. The average Bonchev–Trinajstić information content (AvgIpc) is 3.62. The maximum Gasteiger partial charge on any atom is 0.236 e. The van der Waals surface area contributed by atoms with Gasteiger partial charge >= 0.3 is 0 Å². The standard InChI is InChI=1S/C32H36N8O2S/c1-20-4-6-22(7-5-20)29-27(16-33)43-32(34-29)36(3)31-26-15-24(14-21(2)40(26)35-30(31)23-8-9-23)38-12-10-37(11-13-38)19-28(42)39-17-25(41)18-39/h4-7,14-15,23,25,41H,8-13,17-19H2,1-3H3. The van der Waals surface area contributed by atoms with Crippen LogP contribution in [-0.2, 0) is 4.79 Å². The number of hydrogen-bond acceptors (Lipinski definition) is 9. The second-order valence-electron chi connectivity index (χ2n) is 12.1. The number of aryl methyl sites for hydroxylation is 2. The third-order valence-corrected chi connectivity index (χ3v) is 9.87. The molecule has 43 heavy (non-hydrogen) atoms. The third kappa shape index (κ3) is 5.24. The van der Waals surface area contributed by atoms with Gasteiger partial charge in [0.2, 0.25) is 5.91 Å². The number of aliphatic hydroxyl groups is 1. The molecule has 1 aromatic carbocycles. The molecule has 0 radical (unpaired) electrons. The van der Waals surface area contributed by atoms with Crippen molar-refractivity contribution in [3.05, 3.63) is 58.2 Å². The van der Waals surface area contributed by atoms with Crippen LogP contribution in [0.2, 0.25) is 0 Å². The number of aromatic nitrogens is 3. The number of hydrogen-bond donors (Lipinski definition) is 1. The van der Waals surface area contributed by atoms with E-state index in [-0.39, 0.29) is 12.0 Å². The first-order valence-electron chi connectivity index (χ1n) is 15.0. The summed E-state index contributed by atoms with van der Waals surface area (Å²) >= 11 is 1.42. The van der Waals surface area contributed by atoms with Crippen LogP contribution in [0.3, 0.4) is 0 Å². The fourth-order valence-electron chi connectivity index (χ4n) is 6.10. The number of β-amino-alcohol motifs (C(OH)–C–C–N with tert-alkyl or cyclic N) is 1. The van der Waals surface area contributed by atoms with E-state index in [1.165, 1.54) is 16.9 Å². The zero-order valence-corrected chi connectivity index (χ0v) is 25.6. The molecule has 1 amide bonds. The minimum absolute atomic E-state index is 0.0998. The van der Waals surface area contributed by atoms with Crippen LogP contribution in [0, 0.1) is 25.2 Å². The topological polar surface area (TPSA) is 104 Å². The van der Waals surface area contributed by atoms with Crippen LogP contribution in [0.4, 0.5) is 16.5 Å². The van der Waals surface area contributed by atoms with E-state index in [2.05, 4.69) is 63.4 Å². The van der Waals surface area contributed by atoms with Crippen LogP contribution in [0.1, 0.15) is 40.6 Å². The molecule has 1 N–H and O–H groups in total. The highest BCUT2D eigenvalue weighted by Gasteiger charge is 2.34. The zero-order valence-electron chi connectivity index (χ0n) is 24.8. The van der Waals surface area contributed by atoms with E-state index in [0.29, 0.717) is 30.4 Å². The smallest absolute Gasteiger partial charge is 0.236 e. The van der Waals surface area contributed by atoms with Crippen molar-refractivity contribution in [3.8, 4) is 17.3 Å². The van der Waals surface area contributed by atoms with E-state index in [4.69, 9.17) is 10.1 Å². The quantitative estimate of drug-likeness (QED) is 0.343. The number of fused-ring (bicyclic) bond motifs is 1. The van der Waals surface area contributed by atoms with Crippen LogP contribution >= 0.6 is 11.3 Å². The van der Waals surface area contributed by atoms with Crippen molar-refractivity contribution >= 4 is 39.3 Å². The van der Waals surface area contributed by atoms with Crippen molar-refractivity contribution in [3.63, 3.8) is 0 Å². The van der Waals surface area contributed by atoms with Crippen molar-refractivity contribution in [2.45, 2.75) is 38.7 Å². The number of rotatable bonds is 7. The minimum Gasteiger partial charge on any atom is -0.389 e. The summed E-state index contributed by atoms with van der Waals surface area (Å²) in [5, 5.41) is 25.4. The lowest BCUT2D eigenvalue weighted by atomic mass is 10.1. The summed E-state index contributed by atoms with van der Waals surface area (Å²) in [6.45, 7) is 8.75. The van der Waals surface area contributed by atoms with Gasteiger partial charge in [0, 0.05) is 69.2 Å². The molecule has 3 fully saturated rings. The van der Waals surface area contributed by atoms with Crippen LogP contribution < -0.4 is 9.80 Å². The lowest BCUT2D eigenvalue weighted by molar-refractivity contribution is -0.142. The molecule has 3 aliphatic rings. The van der Waals surface area contributed by atoms with E-state index >= 15 is 0 Å². The lowest BCUT2D eigenvalue weighted by Crippen LogP contribution is -2.57. The molecule has 0 unspecified atom stereocenters. The average molecular weight is 597 g/mol. The SMILES string of the molecule is Cc1ccc(-c2nc(N(C)c3c(C4CC4)nn4c(C)cc(N5CCN(CC(=O)N6CC(O)C6)CC5)cc34)sc2C#N)cc1. The molecule has 222 valence electrons. The summed E-state index contributed by atoms with van der Waals surface area (Å²) in [6, 6.07) is 15.0. The second-order valence-corrected chi connectivity index (χ2v) is 13.1. The number of nitrogens with zero attached hydrogens (tertiary/aromatic N) is 8. The molecule has 10 nitrogen and oxygen atoms in total. The predicted octanol–water partition coefficient (Wildman–Crippen LogP) is 3.92. The Kier molecular flexibility index (Phi) is 7.08. The number of nitriles is 1. The Morgan fingerprint density at radius 3 is 2.49 bits per heavy atom. The maximum atomic E-state index is 12.5. The molecule has 3 aromatic heterocycles. The Balaban J connectivity index is 1.17. The van der Waals surface area contributed by atoms with E-state index < -0.39 is 0 Å². The summed E-state index contributed by atoms with van der Waals surface area (Å²) in [4.78, 5) is 26.6. The van der Waals surface area contributed by atoms with Crippen LogP contribution in [0.5, 0.6) is 0 Å². The monoisotopic (exact) mass is 596 g/mol. The number of likely N-dealkylation sites (tertiary alicyclic amines) is 1. The van der Waals surface area contributed by atoms with Gasteiger partial charge in [0.25, 0.3) is 0 Å². The Morgan fingerprint density at radius 1 is 1.12 bits per heavy atom. The molecule has 7 rings (SSSR count). The summed E-state index contributed by atoms with van der Waals surface area (Å²) in [7, 11) is 2.04. The number of benzene rings is 1. The van der Waals surface area contributed by atoms with Crippen molar-refractivity contribution in [1.82, 2.24) is 24.4 Å². The number of pyridine rings is 1. The van der Waals surface area contributed by atoms with Gasteiger partial charge in [-0.2, -0.15) is 10.4 Å². The summed E-state index contributed by atoms with van der Waals surface area (Å²) in [6.07, 6.45) is 1.89. The van der Waals surface area contributed by atoms with Crippen LogP contribution in [0.15, 0.2) is 36.4 Å². The predicted molar refractivity (Wildman–Crippen MR) is 168 cm³/mol. The normalized spacial score (nSPS) is 17.7. The molecule has 2 aliphatic heterocycles. The summed E-state index contributed by atoms with van der Waals surface area (Å²) in [5.41, 5.74) is 8.24. The van der Waals surface area contributed by atoms with Gasteiger partial charge in [0.05, 0.1) is 29.5 Å². The Labute approximate surface area is 255 Å². The molecular weight excluding hydrogens is 560 g/mol. The molecule has 0 atom stereocenters. The van der Waals surface area contributed by atoms with Crippen LogP contribution in [-0.4, -0.2) is 94.4 Å². The molecule has 0 spiro atoms. The van der Waals surface area contributed by atoms with Gasteiger partial charge in [0.15, 0.2) is 5.13 Å². The van der Waals surface area contributed by atoms with Crippen molar-refractivity contribution in [2.75, 3.05) is 62.7 Å². The molecule has 0 bridgehead atoms. The number of piperazine rings is 1. The highest BCUT2D eigenvalue weighted by atomic mass is 32.1. The highest BCUT2D eigenvalue weighted by Crippen LogP contribution is 2.48. The second kappa shape index (κ2) is 10.9. The summed E-state index contributed by atoms with van der Waals surface area (Å²) < 4.78 is 2.05. The Hall–Kier alpha value is -3.98. The number of anilines is 3. The molecule has 11 heteroatoms. The van der Waals surface area contributed by atoms with Gasteiger partial charge < -0.3 is 19.8 Å². The fraction of sp³-hybridized carbons (Fsp3) is 0.438. The minimum atomic E-state index is -0.369. The largest absolute Gasteiger partial charge is 0.389 e. The molecule has 2 saturated heterocycles. The number of amides is 1. The first kappa shape index (κ1) is 27.8. The Bertz CT molecular complexity index is 1720. The van der Waals surface area contributed by atoms with E-state index in [0.717, 1.165) is 83.7 Å². The molecule has 1 saturated carbocycles. The molecule has 1 aliphatic carbocycles. The van der Waals surface area contributed by atoms with Gasteiger partial charge in [0.1, 0.15) is 16.6 Å².